The van der Waals surface area contributed by atoms with Crippen LogP contribution in [0.5, 0.6) is 0 Å². The van der Waals surface area contributed by atoms with E-state index in [9.17, 15) is 4.79 Å². The summed E-state index contributed by atoms with van der Waals surface area (Å²) >= 11 is 1.63. The number of aryl methyl sites for hydroxylation is 1. The Hall–Kier alpha value is -2.13. The third-order valence-corrected chi connectivity index (χ3v) is 5.36. The van der Waals surface area contributed by atoms with Crippen LogP contribution < -0.4 is 5.32 Å². The number of nitrogens with one attached hydrogen (secondary N) is 1. The van der Waals surface area contributed by atoms with E-state index in [-0.39, 0.29) is 11.9 Å². The van der Waals surface area contributed by atoms with Crippen molar-refractivity contribution >= 4 is 27.3 Å². The molecule has 0 aliphatic heterocycles. The molecular weight excluding hydrogens is 290 g/mol. The average Bonchev–Trinajstić information content (AvgIpc) is 2.99. The molecule has 22 heavy (non-hydrogen) atoms. The Bertz CT molecular complexity index is 836. The first-order chi connectivity index (χ1) is 10.8. The van der Waals surface area contributed by atoms with Crippen molar-refractivity contribution in [3.63, 3.8) is 0 Å². The van der Waals surface area contributed by atoms with E-state index in [2.05, 4.69) is 35.6 Å². The summed E-state index contributed by atoms with van der Waals surface area (Å²) in [6, 6.07) is 16.7. The maximum atomic E-state index is 12.7. The molecule has 0 saturated heterocycles. The number of rotatable bonds is 2. The number of carbonyl (C=O) groups is 1. The van der Waals surface area contributed by atoms with Gasteiger partial charge in [0.25, 0.3) is 5.91 Å². The van der Waals surface area contributed by atoms with Gasteiger partial charge in [-0.1, -0.05) is 42.5 Å². The van der Waals surface area contributed by atoms with Crippen LogP contribution in [0.4, 0.5) is 0 Å². The summed E-state index contributed by atoms with van der Waals surface area (Å²) in [7, 11) is 0. The Morgan fingerprint density at radius 1 is 1.09 bits per heavy atom. The van der Waals surface area contributed by atoms with Crippen molar-refractivity contribution < 1.29 is 4.79 Å². The Morgan fingerprint density at radius 2 is 1.91 bits per heavy atom. The van der Waals surface area contributed by atoms with E-state index >= 15 is 0 Å². The lowest BCUT2D eigenvalue weighted by Gasteiger charge is -2.26. The van der Waals surface area contributed by atoms with Crippen LogP contribution in [0.2, 0.25) is 0 Å². The minimum Gasteiger partial charge on any atom is -0.345 e. The van der Waals surface area contributed by atoms with Gasteiger partial charge in [0.15, 0.2) is 0 Å². The second-order valence-electron chi connectivity index (χ2n) is 5.76. The first kappa shape index (κ1) is 13.5. The van der Waals surface area contributed by atoms with Gasteiger partial charge in [0.2, 0.25) is 0 Å². The van der Waals surface area contributed by atoms with Gasteiger partial charge >= 0.3 is 0 Å². The molecule has 0 unspecified atom stereocenters. The van der Waals surface area contributed by atoms with Gasteiger partial charge in [0.1, 0.15) is 0 Å². The van der Waals surface area contributed by atoms with Crippen LogP contribution in [0.15, 0.2) is 53.9 Å². The molecule has 1 amide bonds. The average molecular weight is 307 g/mol. The van der Waals surface area contributed by atoms with Crippen molar-refractivity contribution in [2.45, 2.75) is 25.3 Å². The summed E-state index contributed by atoms with van der Waals surface area (Å²) in [5.74, 6) is 0.0409. The molecule has 2 aromatic carbocycles. The van der Waals surface area contributed by atoms with Gasteiger partial charge in [-0.05, 0) is 36.5 Å². The Labute approximate surface area is 133 Å². The highest BCUT2D eigenvalue weighted by molar-refractivity contribution is 7.17. The van der Waals surface area contributed by atoms with Crippen molar-refractivity contribution in [1.29, 1.82) is 0 Å². The number of carbonyl (C=O) groups excluding carboxylic acids is 1. The lowest BCUT2D eigenvalue weighted by Crippen LogP contribution is -2.30. The van der Waals surface area contributed by atoms with Gasteiger partial charge in [-0.25, -0.2) is 0 Å². The molecule has 4 rings (SSSR count). The fraction of sp³-hybridized carbons (Fsp3) is 0.211. The lowest BCUT2D eigenvalue weighted by molar-refractivity contribution is 0.0935. The Balaban J connectivity index is 1.63. The molecule has 1 aromatic heterocycles. The molecule has 3 heteroatoms. The normalized spacial score (nSPS) is 17.2. The highest BCUT2D eigenvalue weighted by atomic mass is 32.1. The summed E-state index contributed by atoms with van der Waals surface area (Å²) in [6.45, 7) is 0. The van der Waals surface area contributed by atoms with Crippen LogP contribution in [0, 0.1) is 0 Å². The number of hydrogen-bond donors (Lipinski definition) is 1. The highest BCUT2D eigenvalue weighted by Crippen LogP contribution is 2.31. The third-order valence-electron chi connectivity index (χ3n) is 4.40. The summed E-state index contributed by atoms with van der Waals surface area (Å²) in [5.41, 5.74) is 3.44. The Morgan fingerprint density at radius 3 is 2.86 bits per heavy atom. The van der Waals surface area contributed by atoms with Crippen LogP contribution in [-0.2, 0) is 6.42 Å². The van der Waals surface area contributed by atoms with Gasteiger partial charge in [-0.2, -0.15) is 0 Å². The predicted octanol–water partition coefficient (Wildman–Crippen LogP) is 4.71. The summed E-state index contributed by atoms with van der Waals surface area (Å²) in [4.78, 5) is 12.7. The zero-order valence-corrected chi connectivity index (χ0v) is 13.0. The van der Waals surface area contributed by atoms with Crippen molar-refractivity contribution in [3.8, 4) is 0 Å². The van der Waals surface area contributed by atoms with E-state index in [1.165, 1.54) is 11.1 Å². The first-order valence-electron chi connectivity index (χ1n) is 7.68. The quantitative estimate of drug-likeness (QED) is 0.730. The molecule has 2 nitrogen and oxygen atoms in total. The largest absolute Gasteiger partial charge is 0.345 e. The van der Waals surface area contributed by atoms with Crippen molar-refractivity contribution in [3.05, 3.63) is 70.6 Å². The van der Waals surface area contributed by atoms with Gasteiger partial charge in [-0.15, -0.1) is 11.3 Å². The molecule has 1 aliphatic rings. The monoisotopic (exact) mass is 307 g/mol. The van der Waals surface area contributed by atoms with Gasteiger partial charge in [0.05, 0.1) is 11.6 Å². The Kier molecular flexibility index (Phi) is 3.43. The maximum absolute atomic E-state index is 12.7. The molecule has 0 fully saturated rings. The van der Waals surface area contributed by atoms with Crippen molar-refractivity contribution in [1.82, 2.24) is 5.32 Å². The van der Waals surface area contributed by atoms with Crippen LogP contribution in [-0.4, -0.2) is 5.91 Å². The smallest absolute Gasteiger partial charge is 0.253 e. The van der Waals surface area contributed by atoms with Crippen molar-refractivity contribution in [2.75, 3.05) is 0 Å². The van der Waals surface area contributed by atoms with E-state index in [1.807, 2.05) is 23.6 Å². The van der Waals surface area contributed by atoms with Crippen LogP contribution >= 0.6 is 11.3 Å². The first-order valence-corrected chi connectivity index (χ1v) is 8.56. The SMILES string of the molecule is O=C(N[C@@H]1CCCc2ccccc21)c1csc2ccccc12. The van der Waals surface area contributed by atoms with E-state index in [4.69, 9.17) is 0 Å². The summed E-state index contributed by atoms with van der Waals surface area (Å²) in [6.07, 6.45) is 3.26. The van der Waals surface area contributed by atoms with E-state index in [0.29, 0.717) is 0 Å². The maximum Gasteiger partial charge on any atom is 0.253 e. The standard InChI is InChI=1S/C19H17NOS/c21-19(16-12-22-18-11-4-3-9-15(16)18)20-17-10-5-7-13-6-1-2-8-14(13)17/h1-4,6,8-9,11-12,17H,5,7,10H2,(H,20,21)/t17-/m1/s1. The molecule has 1 aliphatic carbocycles. The zero-order chi connectivity index (χ0) is 14.9. The van der Waals surface area contributed by atoms with E-state index in [0.717, 1.165) is 34.9 Å². The van der Waals surface area contributed by atoms with Crippen LogP contribution in [0.1, 0.15) is 40.4 Å². The molecular formula is C19H17NOS. The minimum absolute atomic E-state index is 0.0409. The predicted molar refractivity (Wildman–Crippen MR) is 91.4 cm³/mol. The molecule has 0 radical (unpaired) electrons. The molecule has 0 bridgehead atoms. The fourth-order valence-corrected chi connectivity index (χ4v) is 4.23. The third kappa shape index (κ3) is 2.32. The summed E-state index contributed by atoms with van der Waals surface area (Å²) in [5, 5.41) is 6.25. The fourth-order valence-electron chi connectivity index (χ4n) is 3.29. The number of hydrogen-bond acceptors (Lipinski definition) is 2. The van der Waals surface area contributed by atoms with E-state index < -0.39 is 0 Å². The molecule has 1 heterocycles. The topological polar surface area (TPSA) is 29.1 Å². The number of benzene rings is 2. The number of amides is 1. The zero-order valence-electron chi connectivity index (χ0n) is 12.2. The van der Waals surface area contributed by atoms with Crippen LogP contribution in [0.3, 0.4) is 0 Å². The second-order valence-corrected chi connectivity index (χ2v) is 6.67. The molecule has 0 spiro atoms. The number of thiophene rings is 1. The summed E-state index contributed by atoms with van der Waals surface area (Å²) < 4.78 is 1.16. The minimum atomic E-state index is 0.0409. The molecule has 3 aromatic rings. The van der Waals surface area contributed by atoms with Gasteiger partial charge in [0, 0.05) is 15.5 Å². The van der Waals surface area contributed by atoms with Gasteiger partial charge in [-0.3, -0.25) is 4.79 Å². The molecule has 0 saturated carbocycles. The van der Waals surface area contributed by atoms with E-state index in [1.54, 1.807) is 11.3 Å². The molecule has 1 atom stereocenters. The second kappa shape index (κ2) is 5.58. The highest BCUT2D eigenvalue weighted by Gasteiger charge is 2.22. The van der Waals surface area contributed by atoms with Crippen molar-refractivity contribution in [2.24, 2.45) is 0 Å². The van der Waals surface area contributed by atoms with Gasteiger partial charge < -0.3 is 5.32 Å². The lowest BCUT2D eigenvalue weighted by atomic mass is 9.87. The molecule has 110 valence electrons. The number of fused-ring (bicyclic) bond motifs is 2. The molecule has 1 N–H and O–H groups in total. The van der Waals surface area contributed by atoms with Crippen LogP contribution in [0.25, 0.3) is 10.1 Å².